The van der Waals surface area contributed by atoms with E-state index in [1.54, 1.807) is 31.3 Å². The molecule has 3 rings (SSSR count). The smallest absolute Gasteiger partial charge is 0.270 e. The topological polar surface area (TPSA) is 122 Å². The number of rotatable bonds is 5. The molecule has 9 heteroatoms. The number of anilines is 1. The largest absolute Gasteiger partial charge is 0.457 e. The fraction of sp³-hybridized carbons (Fsp3) is 0.105. The zero-order valence-electron chi connectivity index (χ0n) is 14.9. The standard InChI is InChI=1S/C19H14N4O4S/c1-11-3-4-14(23(25)26)8-16(11)17-6-5-15(27-17)7-13(9-20)18(24)22-19-21-10-12(2)28-19/h3-8,10H,1-2H3,(H,21,22,24)/b13-7-. The highest BCUT2D eigenvalue weighted by Crippen LogP contribution is 2.30. The molecule has 0 unspecified atom stereocenters. The van der Waals surface area contributed by atoms with Crippen molar-refractivity contribution in [3.05, 3.63) is 68.4 Å². The molecule has 1 aromatic carbocycles. The third-order valence-electron chi connectivity index (χ3n) is 3.82. The number of nitro groups is 1. The van der Waals surface area contributed by atoms with E-state index < -0.39 is 10.8 Å². The number of thiazole rings is 1. The Morgan fingerprint density at radius 1 is 1.36 bits per heavy atom. The highest BCUT2D eigenvalue weighted by molar-refractivity contribution is 7.15. The number of hydrogen-bond donors (Lipinski definition) is 1. The number of amides is 1. The molecular formula is C19H14N4O4S. The molecule has 1 amide bonds. The van der Waals surface area contributed by atoms with Crippen LogP contribution in [0.5, 0.6) is 0 Å². The van der Waals surface area contributed by atoms with Gasteiger partial charge in [-0.1, -0.05) is 6.07 Å². The van der Waals surface area contributed by atoms with E-state index in [1.165, 1.54) is 29.5 Å². The van der Waals surface area contributed by atoms with E-state index >= 15 is 0 Å². The average Bonchev–Trinajstić information content (AvgIpc) is 3.28. The van der Waals surface area contributed by atoms with Gasteiger partial charge < -0.3 is 4.42 Å². The third-order valence-corrected chi connectivity index (χ3v) is 4.65. The molecule has 0 aliphatic heterocycles. The zero-order chi connectivity index (χ0) is 20.3. The Hall–Kier alpha value is -3.77. The molecule has 140 valence electrons. The molecule has 28 heavy (non-hydrogen) atoms. The lowest BCUT2D eigenvalue weighted by Crippen LogP contribution is -2.13. The third kappa shape index (κ3) is 4.13. The molecular weight excluding hydrogens is 380 g/mol. The van der Waals surface area contributed by atoms with Crippen LogP contribution in [0.15, 0.2) is 46.5 Å². The average molecular weight is 394 g/mol. The second kappa shape index (κ2) is 7.85. The van der Waals surface area contributed by atoms with Crippen molar-refractivity contribution in [3.8, 4) is 17.4 Å². The Morgan fingerprint density at radius 3 is 2.79 bits per heavy atom. The first-order valence-corrected chi connectivity index (χ1v) is 8.90. The molecule has 1 N–H and O–H groups in total. The van der Waals surface area contributed by atoms with Crippen LogP contribution < -0.4 is 5.32 Å². The van der Waals surface area contributed by atoms with E-state index in [0.717, 1.165) is 10.4 Å². The summed E-state index contributed by atoms with van der Waals surface area (Å²) >= 11 is 1.30. The Bertz CT molecular complexity index is 1140. The van der Waals surface area contributed by atoms with Gasteiger partial charge >= 0.3 is 0 Å². The van der Waals surface area contributed by atoms with Crippen LogP contribution in [-0.2, 0) is 4.79 Å². The van der Waals surface area contributed by atoms with Crippen molar-refractivity contribution in [1.29, 1.82) is 5.26 Å². The number of carbonyl (C=O) groups is 1. The molecule has 0 spiro atoms. The number of aromatic nitrogens is 1. The van der Waals surface area contributed by atoms with Gasteiger partial charge in [-0.15, -0.1) is 11.3 Å². The van der Waals surface area contributed by atoms with Gasteiger partial charge in [-0.25, -0.2) is 4.98 Å². The number of non-ortho nitro benzene ring substituents is 1. The first kappa shape index (κ1) is 19.0. The van der Waals surface area contributed by atoms with Gasteiger partial charge in [0.15, 0.2) is 5.13 Å². The first-order chi connectivity index (χ1) is 13.4. The van der Waals surface area contributed by atoms with E-state index in [4.69, 9.17) is 4.42 Å². The van der Waals surface area contributed by atoms with Crippen LogP contribution in [0.25, 0.3) is 17.4 Å². The minimum absolute atomic E-state index is 0.0510. The van der Waals surface area contributed by atoms with E-state index in [-0.39, 0.29) is 17.0 Å². The molecule has 0 saturated heterocycles. The van der Waals surface area contributed by atoms with E-state index in [9.17, 15) is 20.2 Å². The number of nitro benzene ring substituents is 1. The van der Waals surface area contributed by atoms with Crippen LogP contribution in [0.2, 0.25) is 0 Å². The summed E-state index contributed by atoms with van der Waals surface area (Å²) in [4.78, 5) is 27.7. The minimum Gasteiger partial charge on any atom is -0.457 e. The number of nitrogens with zero attached hydrogens (tertiary/aromatic N) is 3. The molecule has 0 aliphatic rings. The number of hydrogen-bond acceptors (Lipinski definition) is 7. The van der Waals surface area contributed by atoms with Crippen molar-refractivity contribution in [2.24, 2.45) is 0 Å². The maximum Gasteiger partial charge on any atom is 0.270 e. The highest BCUT2D eigenvalue weighted by atomic mass is 32.1. The summed E-state index contributed by atoms with van der Waals surface area (Å²) in [6.07, 6.45) is 2.93. The predicted molar refractivity (Wildman–Crippen MR) is 105 cm³/mol. The Morgan fingerprint density at radius 2 is 2.14 bits per heavy atom. The van der Waals surface area contributed by atoms with Gasteiger partial charge in [-0.2, -0.15) is 5.26 Å². The van der Waals surface area contributed by atoms with E-state index in [2.05, 4.69) is 10.3 Å². The maximum absolute atomic E-state index is 12.3. The van der Waals surface area contributed by atoms with Crippen LogP contribution in [-0.4, -0.2) is 15.8 Å². The molecule has 0 bridgehead atoms. The van der Waals surface area contributed by atoms with Crippen molar-refractivity contribution in [3.63, 3.8) is 0 Å². The summed E-state index contributed by atoms with van der Waals surface area (Å²) in [5, 5.41) is 23.2. The van der Waals surface area contributed by atoms with E-state index in [0.29, 0.717) is 16.5 Å². The quantitative estimate of drug-likeness (QED) is 0.295. The number of nitrogens with one attached hydrogen (secondary N) is 1. The van der Waals surface area contributed by atoms with Crippen LogP contribution >= 0.6 is 11.3 Å². The van der Waals surface area contributed by atoms with Gasteiger partial charge in [0.05, 0.1) is 4.92 Å². The molecule has 0 saturated carbocycles. The van der Waals surface area contributed by atoms with Gasteiger partial charge in [-0.05, 0) is 31.5 Å². The molecule has 2 aromatic heterocycles. The Labute approximate surface area is 163 Å². The van der Waals surface area contributed by atoms with Gasteiger partial charge in [0.25, 0.3) is 11.6 Å². The summed E-state index contributed by atoms with van der Waals surface area (Å²) in [6.45, 7) is 3.66. The summed E-state index contributed by atoms with van der Waals surface area (Å²) < 4.78 is 5.68. The molecule has 8 nitrogen and oxygen atoms in total. The second-order valence-electron chi connectivity index (χ2n) is 5.86. The number of aryl methyl sites for hydroxylation is 2. The summed E-state index contributed by atoms with van der Waals surface area (Å²) in [5.74, 6) is 0.0879. The van der Waals surface area contributed by atoms with Gasteiger partial charge in [-0.3, -0.25) is 20.2 Å². The maximum atomic E-state index is 12.3. The normalized spacial score (nSPS) is 11.1. The van der Waals surface area contributed by atoms with Crippen molar-refractivity contribution in [1.82, 2.24) is 4.98 Å². The lowest BCUT2D eigenvalue weighted by Gasteiger charge is -2.02. The molecule has 2 heterocycles. The van der Waals surface area contributed by atoms with Crippen molar-refractivity contribution >= 4 is 34.1 Å². The Kier molecular flexibility index (Phi) is 5.33. The van der Waals surface area contributed by atoms with Crippen LogP contribution in [0.4, 0.5) is 10.8 Å². The summed E-state index contributed by atoms with van der Waals surface area (Å²) in [5.41, 5.74) is 1.16. The summed E-state index contributed by atoms with van der Waals surface area (Å²) in [6, 6.07) is 9.53. The Balaban J connectivity index is 1.86. The van der Waals surface area contributed by atoms with Crippen LogP contribution in [0, 0.1) is 35.3 Å². The van der Waals surface area contributed by atoms with E-state index in [1.807, 2.05) is 13.0 Å². The number of furan rings is 1. The number of nitriles is 1. The SMILES string of the molecule is Cc1cnc(NC(=O)/C(C#N)=C\c2ccc(-c3cc([N+](=O)[O-])ccc3C)o2)s1. The lowest BCUT2D eigenvalue weighted by atomic mass is 10.1. The molecule has 0 radical (unpaired) electrons. The highest BCUT2D eigenvalue weighted by Gasteiger charge is 2.15. The van der Waals surface area contributed by atoms with Gasteiger partial charge in [0.2, 0.25) is 0 Å². The zero-order valence-corrected chi connectivity index (χ0v) is 15.7. The molecule has 0 aliphatic carbocycles. The first-order valence-electron chi connectivity index (χ1n) is 8.08. The van der Waals surface area contributed by atoms with Gasteiger partial charge in [0.1, 0.15) is 23.2 Å². The van der Waals surface area contributed by atoms with Crippen LogP contribution in [0.3, 0.4) is 0 Å². The number of benzene rings is 1. The molecule has 0 fully saturated rings. The van der Waals surface area contributed by atoms with Crippen LogP contribution in [0.1, 0.15) is 16.2 Å². The predicted octanol–water partition coefficient (Wildman–Crippen LogP) is 4.47. The molecule has 0 atom stereocenters. The number of carbonyl (C=O) groups excluding carboxylic acids is 1. The minimum atomic E-state index is -0.596. The second-order valence-corrected chi connectivity index (χ2v) is 7.09. The molecule has 3 aromatic rings. The van der Waals surface area contributed by atoms with Crippen molar-refractivity contribution < 1.29 is 14.1 Å². The fourth-order valence-corrected chi connectivity index (χ4v) is 3.09. The van der Waals surface area contributed by atoms with Crippen molar-refractivity contribution in [2.75, 3.05) is 5.32 Å². The van der Waals surface area contributed by atoms with Crippen molar-refractivity contribution in [2.45, 2.75) is 13.8 Å². The monoisotopic (exact) mass is 394 g/mol. The fourth-order valence-electron chi connectivity index (χ4n) is 2.43. The van der Waals surface area contributed by atoms with Gasteiger partial charge in [0, 0.05) is 34.8 Å². The lowest BCUT2D eigenvalue weighted by molar-refractivity contribution is -0.384. The summed E-state index contributed by atoms with van der Waals surface area (Å²) in [7, 11) is 0.